The number of carbonyl (C=O) groups is 1. The Labute approximate surface area is 137 Å². The van der Waals surface area contributed by atoms with E-state index in [1.165, 1.54) is 12.8 Å². The number of morpholine rings is 1. The van der Waals surface area contributed by atoms with Gasteiger partial charge in [0.1, 0.15) is 5.75 Å². The molecule has 3 rings (SSSR count). The zero-order valence-corrected chi connectivity index (χ0v) is 14.0. The van der Waals surface area contributed by atoms with Gasteiger partial charge in [0.15, 0.2) is 0 Å². The number of hydrogen-bond acceptors (Lipinski definition) is 4. The molecule has 0 aromatic heterocycles. The average molecular weight is 318 g/mol. The number of nitrogens with zero attached hydrogens (tertiary/aromatic N) is 1. The second-order valence-electron chi connectivity index (χ2n) is 6.57. The zero-order valence-electron chi connectivity index (χ0n) is 14.0. The second kappa shape index (κ2) is 7.32. The van der Waals surface area contributed by atoms with Gasteiger partial charge in [-0.2, -0.15) is 0 Å². The molecule has 1 aromatic carbocycles. The molecule has 23 heavy (non-hydrogen) atoms. The first-order chi connectivity index (χ1) is 11.2. The van der Waals surface area contributed by atoms with Gasteiger partial charge in [-0.05, 0) is 43.4 Å². The van der Waals surface area contributed by atoms with Gasteiger partial charge in [0.25, 0.3) is 0 Å². The van der Waals surface area contributed by atoms with Crippen molar-refractivity contribution in [3.63, 3.8) is 0 Å². The van der Waals surface area contributed by atoms with E-state index in [1.54, 1.807) is 7.11 Å². The van der Waals surface area contributed by atoms with Gasteiger partial charge in [0, 0.05) is 13.1 Å². The van der Waals surface area contributed by atoms with Crippen LogP contribution in [0.3, 0.4) is 0 Å². The van der Waals surface area contributed by atoms with Gasteiger partial charge in [-0.1, -0.05) is 12.1 Å². The molecule has 2 fully saturated rings. The minimum absolute atomic E-state index is 0.104. The third-order valence-corrected chi connectivity index (χ3v) is 4.58. The second-order valence-corrected chi connectivity index (χ2v) is 6.57. The largest absolute Gasteiger partial charge is 0.497 e. The fourth-order valence-electron chi connectivity index (χ4n) is 3.17. The van der Waals surface area contributed by atoms with Crippen molar-refractivity contribution in [2.75, 3.05) is 33.4 Å². The highest BCUT2D eigenvalue weighted by atomic mass is 16.5. The SMILES string of the molecule is COc1ccc(C(NC(=O)CN2CCOC(C)C2)C2CC2)cc1. The van der Waals surface area contributed by atoms with Crippen LogP contribution in [-0.4, -0.2) is 50.3 Å². The number of amides is 1. The van der Waals surface area contributed by atoms with Crippen molar-refractivity contribution >= 4 is 5.91 Å². The predicted octanol–water partition coefficient (Wildman–Crippen LogP) is 1.98. The van der Waals surface area contributed by atoms with Crippen LogP contribution in [0.1, 0.15) is 31.4 Å². The summed E-state index contributed by atoms with van der Waals surface area (Å²) in [5.41, 5.74) is 1.16. The van der Waals surface area contributed by atoms with E-state index in [9.17, 15) is 4.79 Å². The van der Waals surface area contributed by atoms with Gasteiger partial charge in [0.05, 0.1) is 32.4 Å². The molecule has 2 unspecified atom stereocenters. The monoisotopic (exact) mass is 318 g/mol. The zero-order chi connectivity index (χ0) is 16.2. The van der Waals surface area contributed by atoms with Crippen molar-refractivity contribution in [3.8, 4) is 5.75 Å². The standard InChI is InChI=1S/C18H26N2O3/c1-13-11-20(9-10-23-13)12-17(21)19-18(14-3-4-14)15-5-7-16(22-2)8-6-15/h5-8,13-14,18H,3-4,9-12H2,1-2H3,(H,19,21). The Morgan fingerprint density at radius 2 is 2.13 bits per heavy atom. The predicted molar refractivity (Wildman–Crippen MR) is 88.5 cm³/mol. The van der Waals surface area contributed by atoms with Crippen LogP contribution in [-0.2, 0) is 9.53 Å². The maximum Gasteiger partial charge on any atom is 0.234 e. The molecule has 1 saturated carbocycles. The van der Waals surface area contributed by atoms with E-state index in [0.29, 0.717) is 19.1 Å². The molecule has 2 atom stereocenters. The Kier molecular flexibility index (Phi) is 5.18. The summed E-state index contributed by atoms with van der Waals surface area (Å²) in [4.78, 5) is 14.6. The van der Waals surface area contributed by atoms with Crippen molar-refractivity contribution < 1.29 is 14.3 Å². The van der Waals surface area contributed by atoms with Crippen molar-refractivity contribution in [2.24, 2.45) is 5.92 Å². The van der Waals surface area contributed by atoms with Crippen LogP contribution in [0, 0.1) is 5.92 Å². The first-order valence-electron chi connectivity index (χ1n) is 8.43. The summed E-state index contributed by atoms with van der Waals surface area (Å²) in [5.74, 6) is 1.51. The van der Waals surface area contributed by atoms with Crippen LogP contribution in [0.15, 0.2) is 24.3 Å². The van der Waals surface area contributed by atoms with E-state index >= 15 is 0 Å². The lowest BCUT2D eigenvalue weighted by Gasteiger charge is -2.31. The summed E-state index contributed by atoms with van der Waals surface area (Å²) < 4.78 is 10.7. The molecule has 1 N–H and O–H groups in total. The molecule has 0 radical (unpaired) electrons. The number of methoxy groups -OCH3 is 1. The quantitative estimate of drug-likeness (QED) is 0.871. The summed E-state index contributed by atoms with van der Waals surface area (Å²) in [6.07, 6.45) is 2.58. The fourth-order valence-corrected chi connectivity index (χ4v) is 3.17. The first kappa shape index (κ1) is 16.3. The number of rotatable bonds is 6. The number of ether oxygens (including phenoxy) is 2. The molecule has 0 bridgehead atoms. The molecular formula is C18H26N2O3. The van der Waals surface area contributed by atoms with Crippen LogP contribution in [0.5, 0.6) is 5.75 Å². The summed E-state index contributed by atoms with van der Waals surface area (Å²) in [5, 5.41) is 3.23. The minimum atomic E-state index is 0.104. The lowest BCUT2D eigenvalue weighted by Crippen LogP contribution is -2.46. The molecule has 126 valence electrons. The van der Waals surface area contributed by atoms with Gasteiger partial charge in [0.2, 0.25) is 5.91 Å². The molecule has 1 aromatic rings. The number of benzene rings is 1. The summed E-state index contributed by atoms with van der Waals surface area (Å²) in [6, 6.07) is 8.14. The molecule has 2 aliphatic rings. The van der Waals surface area contributed by atoms with Crippen LogP contribution in [0.25, 0.3) is 0 Å². The molecule has 0 spiro atoms. The van der Waals surface area contributed by atoms with Gasteiger partial charge >= 0.3 is 0 Å². The van der Waals surface area contributed by atoms with Crippen molar-refractivity contribution in [1.29, 1.82) is 0 Å². The van der Waals surface area contributed by atoms with E-state index < -0.39 is 0 Å². The summed E-state index contributed by atoms with van der Waals surface area (Å²) in [6.45, 7) is 4.86. The third kappa shape index (κ3) is 4.45. The van der Waals surface area contributed by atoms with Crippen LogP contribution < -0.4 is 10.1 Å². The smallest absolute Gasteiger partial charge is 0.234 e. The van der Waals surface area contributed by atoms with Crippen molar-refractivity contribution in [3.05, 3.63) is 29.8 Å². The topological polar surface area (TPSA) is 50.8 Å². The lowest BCUT2D eigenvalue weighted by atomic mass is 10.0. The molecule has 1 saturated heterocycles. The minimum Gasteiger partial charge on any atom is -0.497 e. The van der Waals surface area contributed by atoms with E-state index in [2.05, 4.69) is 29.3 Å². The molecule has 1 aliphatic carbocycles. The molecule has 5 nitrogen and oxygen atoms in total. The highest BCUT2D eigenvalue weighted by Crippen LogP contribution is 2.41. The first-order valence-corrected chi connectivity index (χ1v) is 8.43. The number of nitrogens with one attached hydrogen (secondary N) is 1. The van der Waals surface area contributed by atoms with Gasteiger partial charge < -0.3 is 14.8 Å². The Hall–Kier alpha value is -1.59. The van der Waals surface area contributed by atoms with Crippen LogP contribution in [0.4, 0.5) is 0 Å². The third-order valence-electron chi connectivity index (χ3n) is 4.58. The molecule has 5 heteroatoms. The summed E-state index contributed by atoms with van der Waals surface area (Å²) >= 11 is 0. The Balaban J connectivity index is 1.59. The Morgan fingerprint density at radius 1 is 1.39 bits per heavy atom. The van der Waals surface area contributed by atoms with Crippen LogP contribution in [0.2, 0.25) is 0 Å². The molecule has 1 amide bonds. The maximum atomic E-state index is 12.4. The average Bonchev–Trinajstić information content (AvgIpc) is 3.37. The normalized spacial score (nSPS) is 23.3. The van der Waals surface area contributed by atoms with E-state index in [1.807, 2.05) is 12.1 Å². The van der Waals surface area contributed by atoms with Crippen molar-refractivity contribution in [1.82, 2.24) is 10.2 Å². The van der Waals surface area contributed by atoms with Gasteiger partial charge in [-0.3, -0.25) is 9.69 Å². The number of carbonyl (C=O) groups excluding carboxylic acids is 1. The van der Waals surface area contributed by atoms with E-state index in [4.69, 9.17) is 9.47 Å². The van der Waals surface area contributed by atoms with Gasteiger partial charge in [-0.15, -0.1) is 0 Å². The Bertz CT molecular complexity index is 528. The van der Waals surface area contributed by atoms with E-state index in [0.717, 1.165) is 24.4 Å². The van der Waals surface area contributed by atoms with E-state index in [-0.39, 0.29) is 18.1 Å². The molecule has 1 aliphatic heterocycles. The maximum absolute atomic E-state index is 12.4. The fraction of sp³-hybridized carbons (Fsp3) is 0.611. The lowest BCUT2D eigenvalue weighted by molar-refractivity contribution is -0.125. The van der Waals surface area contributed by atoms with Crippen molar-refractivity contribution in [2.45, 2.75) is 31.9 Å². The van der Waals surface area contributed by atoms with Gasteiger partial charge in [-0.25, -0.2) is 0 Å². The Morgan fingerprint density at radius 3 is 2.74 bits per heavy atom. The highest BCUT2D eigenvalue weighted by molar-refractivity contribution is 5.78. The highest BCUT2D eigenvalue weighted by Gasteiger charge is 2.33. The molecule has 1 heterocycles. The summed E-state index contributed by atoms with van der Waals surface area (Å²) in [7, 11) is 1.67. The number of hydrogen-bond donors (Lipinski definition) is 1. The molecular weight excluding hydrogens is 292 g/mol. The van der Waals surface area contributed by atoms with Crippen LogP contribution >= 0.6 is 0 Å².